The molecular weight excluding hydrogens is 246 g/mol. The standard InChI is InChI=1S/C14H19NO4/c1-2-11-8-15(5-6-19-11)9-14(18)12-4-3-10(16)7-13(12)17/h3-4,7,11,16-17H,2,5-6,8-9H2,1H3. The zero-order valence-electron chi connectivity index (χ0n) is 11.0. The van der Waals surface area contributed by atoms with Gasteiger partial charge in [-0.15, -0.1) is 0 Å². The largest absolute Gasteiger partial charge is 0.508 e. The van der Waals surface area contributed by atoms with Crippen LogP contribution in [0.5, 0.6) is 11.5 Å². The Morgan fingerprint density at radius 2 is 2.26 bits per heavy atom. The highest BCUT2D eigenvalue weighted by atomic mass is 16.5. The summed E-state index contributed by atoms with van der Waals surface area (Å²) in [6, 6.07) is 4.03. The van der Waals surface area contributed by atoms with E-state index in [1.54, 1.807) is 0 Å². The molecule has 1 atom stereocenters. The third-order valence-corrected chi connectivity index (χ3v) is 3.33. The topological polar surface area (TPSA) is 70.0 Å². The van der Waals surface area contributed by atoms with Crippen molar-refractivity contribution in [2.75, 3.05) is 26.2 Å². The average molecular weight is 265 g/mol. The Bertz CT molecular complexity index is 461. The number of ether oxygens (including phenoxy) is 1. The van der Waals surface area contributed by atoms with E-state index in [4.69, 9.17) is 4.74 Å². The molecule has 1 aliphatic rings. The molecule has 0 amide bonds. The number of hydrogen-bond donors (Lipinski definition) is 2. The summed E-state index contributed by atoms with van der Waals surface area (Å²) in [6.45, 7) is 4.41. The number of hydrogen-bond acceptors (Lipinski definition) is 5. The van der Waals surface area contributed by atoms with E-state index >= 15 is 0 Å². The van der Waals surface area contributed by atoms with E-state index in [1.807, 2.05) is 4.90 Å². The van der Waals surface area contributed by atoms with Gasteiger partial charge in [-0.3, -0.25) is 9.69 Å². The van der Waals surface area contributed by atoms with Gasteiger partial charge in [0.25, 0.3) is 0 Å². The summed E-state index contributed by atoms with van der Waals surface area (Å²) < 4.78 is 5.55. The predicted molar refractivity (Wildman–Crippen MR) is 70.6 cm³/mol. The van der Waals surface area contributed by atoms with Crippen molar-refractivity contribution in [1.82, 2.24) is 4.90 Å². The molecule has 1 aromatic rings. The SMILES string of the molecule is CCC1CN(CC(=O)c2ccc(O)cc2O)CCO1. The second-order valence-corrected chi connectivity index (χ2v) is 4.76. The maximum absolute atomic E-state index is 12.1. The number of carbonyl (C=O) groups is 1. The molecule has 1 fully saturated rings. The van der Waals surface area contributed by atoms with Crippen molar-refractivity contribution < 1.29 is 19.7 Å². The molecule has 0 radical (unpaired) electrons. The zero-order chi connectivity index (χ0) is 13.8. The van der Waals surface area contributed by atoms with Gasteiger partial charge in [0.15, 0.2) is 5.78 Å². The van der Waals surface area contributed by atoms with E-state index in [2.05, 4.69) is 6.92 Å². The summed E-state index contributed by atoms with van der Waals surface area (Å²) in [6.07, 6.45) is 1.10. The normalized spacial score (nSPS) is 20.4. The molecule has 1 heterocycles. The predicted octanol–water partition coefficient (Wildman–Crippen LogP) is 1.39. The van der Waals surface area contributed by atoms with Crippen LogP contribution in [0.25, 0.3) is 0 Å². The van der Waals surface area contributed by atoms with E-state index in [1.165, 1.54) is 18.2 Å². The van der Waals surface area contributed by atoms with Gasteiger partial charge < -0.3 is 14.9 Å². The van der Waals surface area contributed by atoms with Crippen molar-refractivity contribution in [2.45, 2.75) is 19.4 Å². The fourth-order valence-corrected chi connectivity index (χ4v) is 2.22. The van der Waals surface area contributed by atoms with Crippen LogP contribution >= 0.6 is 0 Å². The lowest BCUT2D eigenvalue weighted by Gasteiger charge is -2.31. The minimum atomic E-state index is -0.176. The maximum Gasteiger partial charge on any atom is 0.180 e. The van der Waals surface area contributed by atoms with Crippen LogP contribution in [0.1, 0.15) is 23.7 Å². The first-order valence-corrected chi connectivity index (χ1v) is 6.49. The second-order valence-electron chi connectivity index (χ2n) is 4.76. The number of ketones is 1. The van der Waals surface area contributed by atoms with Gasteiger partial charge in [-0.1, -0.05) is 6.92 Å². The molecule has 0 bridgehead atoms. The van der Waals surface area contributed by atoms with Crippen molar-refractivity contribution in [3.63, 3.8) is 0 Å². The monoisotopic (exact) mass is 265 g/mol. The lowest BCUT2D eigenvalue weighted by atomic mass is 10.1. The molecule has 1 aliphatic heterocycles. The number of carbonyl (C=O) groups excluding carboxylic acids is 1. The van der Waals surface area contributed by atoms with Crippen LogP contribution < -0.4 is 0 Å². The van der Waals surface area contributed by atoms with Crippen LogP contribution in [0.2, 0.25) is 0 Å². The highest BCUT2D eigenvalue weighted by Crippen LogP contribution is 2.23. The second kappa shape index (κ2) is 6.04. The molecule has 5 heteroatoms. The molecule has 1 unspecified atom stereocenters. The Kier molecular flexibility index (Phi) is 4.39. The Balaban J connectivity index is 2.00. The summed E-state index contributed by atoms with van der Waals surface area (Å²) in [5.41, 5.74) is 0.248. The van der Waals surface area contributed by atoms with Crippen molar-refractivity contribution >= 4 is 5.78 Å². The number of phenols is 2. The summed E-state index contributed by atoms with van der Waals surface area (Å²) in [5, 5.41) is 18.9. The van der Waals surface area contributed by atoms with Gasteiger partial charge in [0.1, 0.15) is 11.5 Å². The van der Waals surface area contributed by atoms with Gasteiger partial charge in [0.2, 0.25) is 0 Å². The number of rotatable bonds is 4. The minimum Gasteiger partial charge on any atom is -0.508 e. The highest BCUT2D eigenvalue weighted by Gasteiger charge is 2.22. The first-order valence-electron chi connectivity index (χ1n) is 6.49. The molecule has 0 aliphatic carbocycles. The smallest absolute Gasteiger partial charge is 0.180 e. The first-order chi connectivity index (χ1) is 9.10. The fraction of sp³-hybridized carbons (Fsp3) is 0.500. The molecule has 2 N–H and O–H groups in total. The van der Waals surface area contributed by atoms with Crippen molar-refractivity contribution in [2.24, 2.45) is 0 Å². The van der Waals surface area contributed by atoms with E-state index in [9.17, 15) is 15.0 Å². The summed E-state index contributed by atoms with van der Waals surface area (Å²) in [7, 11) is 0. The molecule has 19 heavy (non-hydrogen) atoms. The Hall–Kier alpha value is -1.59. The summed E-state index contributed by atoms with van der Waals surface area (Å²) in [5.74, 6) is -0.369. The number of phenolic OH excluding ortho intramolecular Hbond substituents is 2. The van der Waals surface area contributed by atoms with Crippen molar-refractivity contribution in [3.8, 4) is 11.5 Å². The molecule has 5 nitrogen and oxygen atoms in total. The third-order valence-electron chi connectivity index (χ3n) is 3.33. The van der Waals surface area contributed by atoms with Gasteiger partial charge in [-0.25, -0.2) is 0 Å². The third kappa shape index (κ3) is 3.45. The first kappa shape index (κ1) is 13.8. The molecule has 1 aromatic carbocycles. The Morgan fingerprint density at radius 3 is 2.95 bits per heavy atom. The van der Waals surface area contributed by atoms with Gasteiger partial charge in [0, 0.05) is 19.2 Å². The van der Waals surface area contributed by atoms with Crippen LogP contribution in [0.3, 0.4) is 0 Å². The molecule has 0 aromatic heterocycles. The Morgan fingerprint density at radius 1 is 1.47 bits per heavy atom. The quantitative estimate of drug-likeness (QED) is 0.805. The molecule has 104 valence electrons. The number of aromatic hydroxyl groups is 2. The van der Waals surface area contributed by atoms with Gasteiger partial charge >= 0.3 is 0 Å². The lowest BCUT2D eigenvalue weighted by Crippen LogP contribution is -2.44. The van der Waals surface area contributed by atoms with E-state index < -0.39 is 0 Å². The van der Waals surface area contributed by atoms with Crippen LogP contribution in [0.15, 0.2) is 18.2 Å². The van der Waals surface area contributed by atoms with Crippen LogP contribution in [0, 0.1) is 0 Å². The molecule has 2 rings (SSSR count). The van der Waals surface area contributed by atoms with Crippen LogP contribution in [0.4, 0.5) is 0 Å². The van der Waals surface area contributed by atoms with Crippen LogP contribution in [-0.4, -0.2) is 53.2 Å². The lowest BCUT2D eigenvalue weighted by molar-refractivity contribution is -0.0271. The highest BCUT2D eigenvalue weighted by molar-refractivity contribution is 6.00. The average Bonchev–Trinajstić information content (AvgIpc) is 2.38. The number of morpholine rings is 1. The van der Waals surface area contributed by atoms with Crippen molar-refractivity contribution in [1.29, 1.82) is 0 Å². The molecular formula is C14H19NO4. The van der Waals surface area contributed by atoms with E-state index in [0.29, 0.717) is 6.61 Å². The molecule has 0 spiro atoms. The number of benzene rings is 1. The van der Waals surface area contributed by atoms with Gasteiger partial charge in [-0.05, 0) is 18.6 Å². The summed E-state index contributed by atoms with van der Waals surface area (Å²) in [4.78, 5) is 14.1. The van der Waals surface area contributed by atoms with Crippen LogP contribution in [-0.2, 0) is 4.74 Å². The fourth-order valence-electron chi connectivity index (χ4n) is 2.22. The van der Waals surface area contributed by atoms with Crippen molar-refractivity contribution in [3.05, 3.63) is 23.8 Å². The molecule has 1 saturated heterocycles. The number of Topliss-reactive ketones (excluding diaryl/α,β-unsaturated/α-hetero) is 1. The summed E-state index contributed by atoms with van der Waals surface area (Å²) >= 11 is 0. The van der Waals surface area contributed by atoms with E-state index in [-0.39, 0.29) is 35.5 Å². The maximum atomic E-state index is 12.1. The van der Waals surface area contributed by atoms with E-state index in [0.717, 1.165) is 19.5 Å². The van der Waals surface area contributed by atoms with Gasteiger partial charge in [0.05, 0.1) is 24.8 Å². The zero-order valence-corrected chi connectivity index (χ0v) is 11.0. The minimum absolute atomic E-state index is 0.0496. The van der Waals surface area contributed by atoms with Gasteiger partial charge in [-0.2, -0.15) is 0 Å². The Labute approximate surface area is 112 Å². The number of nitrogens with zero attached hydrogens (tertiary/aromatic N) is 1. The molecule has 0 saturated carbocycles.